The van der Waals surface area contributed by atoms with E-state index in [1.807, 2.05) is 32.0 Å². The zero-order valence-electron chi connectivity index (χ0n) is 17.2. The Morgan fingerprint density at radius 3 is 2.52 bits per heavy atom. The van der Waals surface area contributed by atoms with E-state index >= 15 is 0 Å². The lowest BCUT2D eigenvalue weighted by molar-refractivity contribution is -0.113. The number of allylic oxidation sites excluding steroid dienone is 1. The van der Waals surface area contributed by atoms with Crippen LogP contribution in [0.15, 0.2) is 47.7 Å². The normalized spacial score (nSPS) is 16.0. The molecule has 3 amide bonds. The molecule has 2 aromatic carbocycles. The molecule has 1 unspecified atom stereocenters. The molecular formula is C22H25N3O4. The Morgan fingerprint density at radius 2 is 1.83 bits per heavy atom. The molecule has 1 heterocycles. The van der Waals surface area contributed by atoms with Gasteiger partial charge in [0, 0.05) is 11.8 Å². The van der Waals surface area contributed by atoms with E-state index in [-0.39, 0.29) is 11.9 Å². The predicted octanol–water partition coefficient (Wildman–Crippen LogP) is 3.59. The van der Waals surface area contributed by atoms with Crippen LogP contribution in [0.3, 0.4) is 0 Å². The zero-order chi connectivity index (χ0) is 21.1. The second-order valence-corrected chi connectivity index (χ2v) is 6.88. The minimum absolute atomic E-state index is 0.329. The number of anilines is 1. The highest BCUT2D eigenvalue weighted by molar-refractivity contribution is 6.07. The number of benzene rings is 2. The Morgan fingerprint density at radius 1 is 1.07 bits per heavy atom. The molecule has 0 aliphatic carbocycles. The summed E-state index contributed by atoms with van der Waals surface area (Å²) in [5.74, 6) is 0.770. The van der Waals surface area contributed by atoms with Crippen molar-refractivity contribution >= 4 is 17.6 Å². The fourth-order valence-corrected chi connectivity index (χ4v) is 3.41. The van der Waals surface area contributed by atoms with Crippen molar-refractivity contribution in [2.75, 3.05) is 19.5 Å². The van der Waals surface area contributed by atoms with Gasteiger partial charge >= 0.3 is 6.03 Å². The van der Waals surface area contributed by atoms with Gasteiger partial charge in [0.25, 0.3) is 5.91 Å². The number of ether oxygens (including phenoxy) is 2. The largest absolute Gasteiger partial charge is 0.497 e. The summed E-state index contributed by atoms with van der Waals surface area (Å²) < 4.78 is 10.6. The van der Waals surface area contributed by atoms with Crippen molar-refractivity contribution < 1.29 is 19.1 Å². The molecule has 2 aromatic rings. The Kier molecular flexibility index (Phi) is 5.77. The van der Waals surface area contributed by atoms with Crippen LogP contribution in [0.4, 0.5) is 10.5 Å². The van der Waals surface area contributed by atoms with E-state index in [1.54, 1.807) is 32.2 Å². The highest BCUT2D eigenvalue weighted by Gasteiger charge is 2.32. The monoisotopic (exact) mass is 395 g/mol. The molecule has 0 fully saturated rings. The van der Waals surface area contributed by atoms with Crippen molar-refractivity contribution in [3.8, 4) is 11.5 Å². The summed E-state index contributed by atoms with van der Waals surface area (Å²) in [6.07, 6.45) is 0. The fourth-order valence-electron chi connectivity index (χ4n) is 3.41. The maximum absolute atomic E-state index is 13.2. The van der Waals surface area contributed by atoms with Crippen LogP contribution in [0, 0.1) is 13.8 Å². The van der Waals surface area contributed by atoms with Crippen LogP contribution in [0.25, 0.3) is 0 Å². The molecule has 0 saturated carbocycles. The Balaban J connectivity index is 2.00. The van der Waals surface area contributed by atoms with Crippen LogP contribution in [0.5, 0.6) is 11.5 Å². The summed E-state index contributed by atoms with van der Waals surface area (Å²) in [5, 5.41) is 8.46. The second kappa shape index (κ2) is 8.26. The van der Waals surface area contributed by atoms with Crippen LogP contribution in [0.1, 0.15) is 29.7 Å². The number of urea groups is 1. The molecule has 1 atom stereocenters. The predicted molar refractivity (Wildman–Crippen MR) is 111 cm³/mol. The first-order valence-corrected chi connectivity index (χ1v) is 9.23. The molecule has 0 saturated heterocycles. The smallest absolute Gasteiger partial charge is 0.319 e. The van der Waals surface area contributed by atoms with Crippen LogP contribution >= 0.6 is 0 Å². The summed E-state index contributed by atoms with van der Waals surface area (Å²) >= 11 is 0. The van der Waals surface area contributed by atoms with Crippen LogP contribution < -0.4 is 25.4 Å². The molecule has 152 valence electrons. The van der Waals surface area contributed by atoms with Crippen molar-refractivity contribution in [1.82, 2.24) is 10.6 Å². The van der Waals surface area contributed by atoms with Crippen molar-refractivity contribution in [2.24, 2.45) is 0 Å². The number of aryl methyl sites for hydroxylation is 1. The molecule has 7 nitrogen and oxygen atoms in total. The van der Waals surface area contributed by atoms with Gasteiger partial charge in [0.15, 0.2) is 0 Å². The average Bonchev–Trinajstić information content (AvgIpc) is 2.69. The summed E-state index contributed by atoms with van der Waals surface area (Å²) in [7, 11) is 3.09. The first-order valence-electron chi connectivity index (χ1n) is 9.23. The number of hydrogen-bond acceptors (Lipinski definition) is 4. The molecule has 1 aliphatic rings. The lowest BCUT2D eigenvalue weighted by atomic mass is 9.90. The van der Waals surface area contributed by atoms with Gasteiger partial charge in [-0.15, -0.1) is 0 Å². The highest BCUT2D eigenvalue weighted by Crippen LogP contribution is 2.33. The molecule has 7 heteroatoms. The first-order chi connectivity index (χ1) is 13.8. The summed E-state index contributed by atoms with van der Waals surface area (Å²) in [5.41, 5.74) is 4.45. The maximum atomic E-state index is 13.2. The number of carbonyl (C=O) groups excluding carboxylic acids is 2. The van der Waals surface area contributed by atoms with E-state index in [9.17, 15) is 9.59 Å². The standard InChI is InChI=1S/C22H25N3O4/c1-12-7-6-8-16(13(12)2)20-19(14(3)23-22(27)25-20)21(26)24-17-10-9-15(28-4)11-18(17)29-5/h6-11,20H,1-5H3,(H,24,26)(H2,23,25,27). The minimum atomic E-state index is -0.562. The third kappa shape index (κ3) is 4.03. The van der Waals surface area contributed by atoms with E-state index < -0.39 is 6.04 Å². The van der Waals surface area contributed by atoms with Crippen LogP contribution in [0.2, 0.25) is 0 Å². The first kappa shape index (κ1) is 20.3. The third-order valence-corrected chi connectivity index (χ3v) is 5.13. The molecular weight excluding hydrogens is 370 g/mol. The molecule has 0 spiro atoms. The zero-order valence-corrected chi connectivity index (χ0v) is 17.2. The number of carbonyl (C=O) groups is 2. The van der Waals surface area contributed by atoms with E-state index in [0.29, 0.717) is 28.5 Å². The van der Waals surface area contributed by atoms with E-state index in [1.165, 1.54) is 7.11 Å². The maximum Gasteiger partial charge on any atom is 0.319 e. The van der Waals surface area contributed by atoms with Gasteiger partial charge in [-0.1, -0.05) is 18.2 Å². The van der Waals surface area contributed by atoms with E-state index in [2.05, 4.69) is 16.0 Å². The van der Waals surface area contributed by atoms with Gasteiger partial charge in [-0.25, -0.2) is 4.79 Å². The molecule has 0 radical (unpaired) electrons. The van der Waals surface area contributed by atoms with Crippen molar-refractivity contribution in [3.05, 3.63) is 64.4 Å². The second-order valence-electron chi connectivity index (χ2n) is 6.88. The van der Waals surface area contributed by atoms with Gasteiger partial charge in [0.05, 0.1) is 31.5 Å². The lowest BCUT2D eigenvalue weighted by Crippen LogP contribution is -2.46. The van der Waals surface area contributed by atoms with E-state index in [4.69, 9.17) is 9.47 Å². The number of methoxy groups -OCH3 is 2. The number of hydrogen-bond donors (Lipinski definition) is 3. The average molecular weight is 395 g/mol. The third-order valence-electron chi connectivity index (χ3n) is 5.13. The summed E-state index contributed by atoms with van der Waals surface area (Å²) in [4.78, 5) is 25.4. The molecule has 3 rings (SSSR count). The number of rotatable bonds is 5. The van der Waals surface area contributed by atoms with Gasteiger partial charge in [-0.05, 0) is 49.6 Å². The summed E-state index contributed by atoms with van der Waals surface area (Å²) in [6.45, 7) is 5.70. The topological polar surface area (TPSA) is 88.7 Å². The quantitative estimate of drug-likeness (QED) is 0.722. The molecule has 29 heavy (non-hydrogen) atoms. The lowest BCUT2D eigenvalue weighted by Gasteiger charge is -2.30. The fraction of sp³-hybridized carbons (Fsp3) is 0.273. The number of amides is 3. The van der Waals surface area contributed by atoms with Gasteiger partial charge in [0.1, 0.15) is 11.5 Å². The van der Waals surface area contributed by atoms with E-state index in [0.717, 1.165) is 16.7 Å². The van der Waals surface area contributed by atoms with Gasteiger partial charge in [0.2, 0.25) is 0 Å². The van der Waals surface area contributed by atoms with Gasteiger partial charge in [-0.3, -0.25) is 4.79 Å². The Bertz CT molecular complexity index is 998. The highest BCUT2D eigenvalue weighted by atomic mass is 16.5. The molecule has 0 bridgehead atoms. The van der Waals surface area contributed by atoms with Gasteiger partial charge < -0.3 is 25.4 Å². The molecule has 1 aliphatic heterocycles. The molecule has 0 aromatic heterocycles. The van der Waals surface area contributed by atoms with Gasteiger partial charge in [-0.2, -0.15) is 0 Å². The van der Waals surface area contributed by atoms with Crippen molar-refractivity contribution in [3.63, 3.8) is 0 Å². The SMILES string of the molecule is COc1ccc(NC(=O)C2=C(C)NC(=O)NC2c2cccc(C)c2C)c(OC)c1. The summed E-state index contributed by atoms with van der Waals surface area (Å²) in [6, 6.07) is 10.1. The Labute approximate surface area is 170 Å². The van der Waals surface area contributed by atoms with Crippen LogP contribution in [-0.4, -0.2) is 26.2 Å². The van der Waals surface area contributed by atoms with Crippen molar-refractivity contribution in [1.29, 1.82) is 0 Å². The minimum Gasteiger partial charge on any atom is -0.497 e. The molecule has 3 N–H and O–H groups in total. The number of nitrogens with one attached hydrogen (secondary N) is 3. The van der Waals surface area contributed by atoms with Crippen molar-refractivity contribution in [2.45, 2.75) is 26.8 Å². The van der Waals surface area contributed by atoms with Crippen LogP contribution in [-0.2, 0) is 4.79 Å². The Hall–Kier alpha value is -3.48.